The number of benzene rings is 1. The highest BCUT2D eigenvalue weighted by molar-refractivity contribution is 6.30. The first-order valence-corrected chi connectivity index (χ1v) is 11.2. The lowest BCUT2D eigenvalue weighted by molar-refractivity contribution is -0.143. The van der Waals surface area contributed by atoms with Crippen molar-refractivity contribution >= 4 is 23.5 Å². The van der Waals surface area contributed by atoms with Crippen molar-refractivity contribution in [3.8, 4) is 0 Å². The largest absolute Gasteiger partial charge is 0.481 e. The van der Waals surface area contributed by atoms with Gasteiger partial charge >= 0.3 is 5.97 Å². The van der Waals surface area contributed by atoms with Gasteiger partial charge in [0.15, 0.2) is 0 Å². The number of aryl methyl sites for hydroxylation is 1. The minimum absolute atomic E-state index is 0.114. The van der Waals surface area contributed by atoms with Gasteiger partial charge in [-0.15, -0.1) is 0 Å². The Balaban J connectivity index is 1.43. The molecule has 1 aliphatic heterocycles. The Morgan fingerprint density at radius 2 is 1.97 bits per heavy atom. The zero-order valence-corrected chi connectivity index (χ0v) is 18.4. The second kappa shape index (κ2) is 8.99. The summed E-state index contributed by atoms with van der Waals surface area (Å²) in [6, 6.07) is 4.46. The number of hydrogen-bond acceptors (Lipinski definition) is 3. The molecule has 1 fully saturated rings. The third-order valence-corrected chi connectivity index (χ3v) is 6.82. The minimum atomic E-state index is -0.725. The summed E-state index contributed by atoms with van der Waals surface area (Å²) in [5, 5.41) is 14.1. The molecule has 2 aliphatic rings. The van der Waals surface area contributed by atoms with Crippen LogP contribution in [0.1, 0.15) is 54.6 Å². The average Bonchev–Trinajstić information content (AvgIpc) is 3.02. The molecule has 6 nitrogen and oxygen atoms in total. The molecule has 0 spiro atoms. The van der Waals surface area contributed by atoms with E-state index < -0.39 is 5.97 Å². The van der Waals surface area contributed by atoms with Crippen molar-refractivity contribution in [1.82, 2.24) is 14.7 Å². The fourth-order valence-electron chi connectivity index (χ4n) is 4.88. The fraction of sp³-hybridized carbons (Fsp3) is 0.522. The van der Waals surface area contributed by atoms with Crippen molar-refractivity contribution in [2.45, 2.75) is 58.5 Å². The highest BCUT2D eigenvalue weighted by Gasteiger charge is 2.30. The number of rotatable bonds is 5. The van der Waals surface area contributed by atoms with Crippen molar-refractivity contribution in [2.24, 2.45) is 11.8 Å². The maximum atomic E-state index is 13.7. The Bertz CT molecular complexity index is 978. The van der Waals surface area contributed by atoms with E-state index in [0.717, 1.165) is 41.8 Å². The number of carbonyl (C=O) groups excluding carboxylic acids is 1. The molecule has 1 aromatic heterocycles. The third kappa shape index (κ3) is 4.92. The number of halogens is 2. The van der Waals surface area contributed by atoms with Crippen LogP contribution in [-0.2, 0) is 29.1 Å². The van der Waals surface area contributed by atoms with E-state index >= 15 is 0 Å². The molecule has 4 rings (SSSR count). The number of amides is 1. The Kier molecular flexibility index (Phi) is 6.32. The molecule has 0 atom stereocenters. The first kappa shape index (κ1) is 21.8. The van der Waals surface area contributed by atoms with Crippen molar-refractivity contribution in [3.63, 3.8) is 0 Å². The normalized spacial score (nSPS) is 21.1. The van der Waals surface area contributed by atoms with Crippen LogP contribution in [0.15, 0.2) is 18.2 Å². The second-order valence-corrected chi connectivity index (χ2v) is 9.21. The molecule has 1 aromatic carbocycles. The lowest BCUT2D eigenvalue weighted by atomic mass is 9.80. The highest BCUT2D eigenvalue weighted by Crippen LogP contribution is 2.32. The summed E-state index contributed by atoms with van der Waals surface area (Å²) < 4.78 is 15.6. The number of carboxylic acids is 1. The molecular formula is C23H27ClFN3O3. The molecule has 1 aliphatic carbocycles. The highest BCUT2D eigenvalue weighted by atomic mass is 35.5. The molecule has 0 saturated heterocycles. The molecule has 0 unspecified atom stereocenters. The molecule has 0 radical (unpaired) electrons. The van der Waals surface area contributed by atoms with Gasteiger partial charge in [-0.05, 0) is 74.3 Å². The van der Waals surface area contributed by atoms with Gasteiger partial charge in [-0.1, -0.05) is 11.6 Å². The molecule has 1 N–H and O–H groups in total. The number of nitrogens with zero attached hydrogens (tertiary/aromatic N) is 3. The van der Waals surface area contributed by atoms with E-state index in [4.69, 9.17) is 16.7 Å². The van der Waals surface area contributed by atoms with E-state index in [0.29, 0.717) is 43.9 Å². The quantitative estimate of drug-likeness (QED) is 0.745. The maximum Gasteiger partial charge on any atom is 0.306 e. The summed E-state index contributed by atoms with van der Waals surface area (Å²) in [7, 11) is 0. The number of carboxylic acid groups (broad SMARTS) is 1. The van der Waals surface area contributed by atoms with Crippen LogP contribution in [0.25, 0.3) is 0 Å². The molecule has 0 bridgehead atoms. The van der Waals surface area contributed by atoms with Gasteiger partial charge in [-0.3, -0.25) is 14.3 Å². The van der Waals surface area contributed by atoms with Crippen LogP contribution >= 0.6 is 11.6 Å². The Morgan fingerprint density at radius 3 is 2.65 bits per heavy atom. The van der Waals surface area contributed by atoms with Crippen LogP contribution in [0.5, 0.6) is 0 Å². The first-order chi connectivity index (χ1) is 14.8. The molecule has 1 saturated carbocycles. The fourth-order valence-corrected chi connectivity index (χ4v) is 5.13. The number of aliphatic carboxylic acids is 1. The van der Waals surface area contributed by atoms with Gasteiger partial charge in [0.05, 0.1) is 30.4 Å². The van der Waals surface area contributed by atoms with Gasteiger partial charge in [-0.25, -0.2) is 4.39 Å². The van der Waals surface area contributed by atoms with E-state index in [9.17, 15) is 14.0 Å². The zero-order chi connectivity index (χ0) is 22.1. The topological polar surface area (TPSA) is 75.4 Å². The van der Waals surface area contributed by atoms with Gasteiger partial charge in [0.1, 0.15) is 5.82 Å². The standard InChI is InChI=1S/C23H27ClFN3O3/c1-14-20-6-7-27(22(29)10-15-2-4-17(5-3-15)23(30)31)13-21(20)28(26-14)12-16-8-18(24)11-19(25)9-16/h8-9,11,15,17H,2-7,10,12-13H2,1H3,(H,30,31). The Morgan fingerprint density at radius 1 is 1.23 bits per heavy atom. The summed E-state index contributed by atoms with van der Waals surface area (Å²) in [5.74, 6) is -1.00. The minimum Gasteiger partial charge on any atom is -0.481 e. The Labute approximate surface area is 186 Å². The zero-order valence-electron chi connectivity index (χ0n) is 17.6. The number of fused-ring (bicyclic) bond motifs is 1. The van der Waals surface area contributed by atoms with Crippen molar-refractivity contribution < 1.29 is 19.1 Å². The van der Waals surface area contributed by atoms with Crippen LogP contribution in [-0.4, -0.2) is 38.2 Å². The molecular weight excluding hydrogens is 421 g/mol. The molecule has 2 heterocycles. The number of carbonyl (C=O) groups is 2. The smallest absolute Gasteiger partial charge is 0.306 e. The first-order valence-electron chi connectivity index (χ1n) is 10.8. The lowest BCUT2D eigenvalue weighted by Crippen LogP contribution is -2.38. The number of hydrogen-bond donors (Lipinski definition) is 1. The number of aromatic nitrogens is 2. The molecule has 2 aromatic rings. The van der Waals surface area contributed by atoms with E-state index in [-0.39, 0.29) is 23.6 Å². The van der Waals surface area contributed by atoms with Crippen LogP contribution in [0.2, 0.25) is 5.02 Å². The van der Waals surface area contributed by atoms with Gasteiger partial charge in [0, 0.05) is 18.0 Å². The SMILES string of the molecule is Cc1nn(Cc2cc(F)cc(Cl)c2)c2c1CCN(C(=O)CC1CCC(C(=O)O)CC1)C2. The third-order valence-electron chi connectivity index (χ3n) is 6.61. The van der Waals surface area contributed by atoms with E-state index in [1.807, 2.05) is 16.5 Å². The predicted molar refractivity (Wildman–Crippen MR) is 114 cm³/mol. The second-order valence-electron chi connectivity index (χ2n) is 8.77. The molecule has 166 valence electrons. The van der Waals surface area contributed by atoms with Crippen LogP contribution < -0.4 is 0 Å². The van der Waals surface area contributed by atoms with Crippen LogP contribution in [0.3, 0.4) is 0 Å². The van der Waals surface area contributed by atoms with E-state index in [1.54, 1.807) is 6.07 Å². The average molecular weight is 448 g/mol. The summed E-state index contributed by atoms with van der Waals surface area (Å²) in [4.78, 5) is 26.0. The maximum absolute atomic E-state index is 13.7. The molecule has 31 heavy (non-hydrogen) atoms. The van der Waals surface area contributed by atoms with Crippen molar-refractivity contribution in [1.29, 1.82) is 0 Å². The van der Waals surface area contributed by atoms with Crippen LogP contribution in [0, 0.1) is 24.6 Å². The summed E-state index contributed by atoms with van der Waals surface area (Å²) in [5.41, 5.74) is 3.83. The lowest BCUT2D eigenvalue weighted by Gasteiger charge is -2.31. The Hall–Kier alpha value is -2.41. The van der Waals surface area contributed by atoms with Gasteiger partial charge < -0.3 is 10.0 Å². The van der Waals surface area contributed by atoms with Gasteiger partial charge in [0.25, 0.3) is 0 Å². The van der Waals surface area contributed by atoms with Crippen molar-refractivity contribution in [2.75, 3.05) is 6.54 Å². The summed E-state index contributed by atoms with van der Waals surface area (Å²) in [6.45, 7) is 3.51. The summed E-state index contributed by atoms with van der Waals surface area (Å²) >= 11 is 5.99. The molecule has 1 amide bonds. The van der Waals surface area contributed by atoms with Gasteiger partial charge in [-0.2, -0.15) is 5.10 Å². The van der Waals surface area contributed by atoms with E-state index in [2.05, 4.69) is 5.10 Å². The molecule has 8 heteroatoms. The monoisotopic (exact) mass is 447 g/mol. The van der Waals surface area contributed by atoms with Gasteiger partial charge in [0.2, 0.25) is 5.91 Å². The van der Waals surface area contributed by atoms with Crippen molar-refractivity contribution in [3.05, 3.63) is 51.6 Å². The van der Waals surface area contributed by atoms with E-state index in [1.165, 1.54) is 12.1 Å². The summed E-state index contributed by atoms with van der Waals surface area (Å²) in [6.07, 6.45) is 4.11. The predicted octanol–water partition coefficient (Wildman–Crippen LogP) is 4.20. The van der Waals surface area contributed by atoms with Crippen LogP contribution in [0.4, 0.5) is 4.39 Å².